The van der Waals surface area contributed by atoms with Gasteiger partial charge in [-0.15, -0.1) is 0 Å². The molecule has 22 heavy (non-hydrogen) atoms. The van der Waals surface area contributed by atoms with E-state index in [0.717, 1.165) is 19.4 Å². The Balaban J connectivity index is 0. The second-order valence-corrected chi connectivity index (χ2v) is 4.25. The van der Waals surface area contributed by atoms with Crippen molar-refractivity contribution in [2.24, 2.45) is 0 Å². The minimum atomic E-state index is -0.277. The number of rotatable bonds is 14. The van der Waals surface area contributed by atoms with Crippen LogP contribution in [0.15, 0.2) is 0 Å². The second-order valence-electron chi connectivity index (χ2n) is 4.25. The molecule has 1 N–H and O–H groups in total. The number of esters is 1. The zero-order chi connectivity index (χ0) is 16.9. The van der Waals surface area contributed by atoms with Crippen molar-refractivity contribution in [1.82, 2.24) is 0 Å². The SMILES string of the molecule is CCCCOCCOCCO.COCCOCCOC(C)=O. The fraction of sp³-hybridized carbons (Fsp3) is 0.933. The normalized spacial score (nSPS) is 10.0. The number of aliphatic hydroxyl groups excluding tert-OH is 1. The molecule has 0 radical (unpaired) electrons. The number of hydrogen-bond acceptors (Lipinski definition) is 7. The van der Waals surface area contributed by atoms with Gasteiger partial charge in [0.1, 0.15) is 6.61 Å². The number of carbonyl (C=O) groups is 1. The molecular weight excluding hydrogens is 292 g/mol. The Morgan fingerprint density at radius 1 is 0.864 bits per heavy atom. The molecule has 0 aliphatic carbocycles. The van der Waals surface area contributed by atoms with Crippen LogP contribution in [0.25, 0.3) is 0 Å². The van der Waals surface area contributed by atoms with Crippen molar-refractivity contribution in [3.05, 3.63) is 0 Å². The number of ether oxygens (including phenoxy) is 5. The van der Waals surface area contributed by atoms with Gasteiger partial charge >= 0.3 is 5.97 Å². The molecule has 0 atom stereocenters. The molecule has 0 aromatic rings. The number of methoxy groups -OCH3 is 1. The van der Waals surface area contributed by atoms with Crippen molar-refractivity contribution in [1.29, 1.82) is 0 Å². The van der Waals surface area contributed by atoms with Gasteiger partial charge in [0.15, 0.2) is 0 Å². The Kier molecular flexibility index (Phi) is 24.1. The van der Waals surface area contributed by atoms with E-state index in [1.54, 1.807) is 7.11 Å². The quantitative estimate of drug-likeness (QED) is 0.377. The highest BCUT2D eigenvalue weighted by molar-refractivity contribution is 5.65. The van der Waals surface area contributed by atoms with E-state index in [1.807, 2.05) is 0 Å². The van der Waals surface area contributed by atoms with Crippen molar-refractivity contribution in [3.8, 4) is 0 Å². The van der Waals surface area contributed by atoms with E-state index in [2.05, 4.69) is 11.7 Å². The first-order chi connectivity index (χ1) is 10.7. The highest BCUT2D eigenvalue weighted by Gasteiger charge is 1.91. The molecule has 0 aromatic carbocycles. The van der Waals surface area contributed by atoms with Gasteiger partial charge < -0.3 is 28.8 Å². The van der Waals surface area contributed by atoms with Crippen LogP contribution in [0.4, 0.5) is 0 Å². The van der Waals surface area contributed by atoms with E-state index in [-0.39, 0.29) is 12.6 Å². The molecule has 7 heteroatoms. The van der Waals surface area contributed by atoms with Gasteiger partial charge in [0, 0.05) is 20.6 Å². The smallest absolute Gasteiger partial charge is 0.302 e. The summed E-state index contributed by atoms with van der Waals surface area (Å²) in [5.74, 6) is -0.277. The fourth-order valence-corrected chi connectivity index (χ4v) is 1.12. The van der Waals surface area contributed by atoms with E-state index in [9.17, 15) is 4.79 Å². The second kappa shape index (κ2) is 22.5. The van der Waals surface area contributed by atoms with Gasteiger partial charge in [0.25, 0.3) is 0 Å². The van der Waals surface area contributed by atoms with Crippen molar-refractivity contribution in [2.75, 3.05) is 66.6 Å². The van der Waals surface area contributed by atoms with Gasteiger partial charge in [0.05, 0.1) is 46.2 Å². The monoisotopic (exact) mass is 324 g/mol. The maximum absolute atomic E-state index is 10.2. The van der Waals surface area contributed by atoms with Crippen molar-refractivity contribution >= 4 is 5.97 Å². The zero-order valence-electron chi connectivity index (χ0n) is 14.2. The van der Waals surface area contributed by atoms with Crippen LogP contribution in [-0.2, 0) is 28.5 Å². The van der Waals surface area contributed by atoms with Gasteiger partial charge in [-0.05, 0) is 6.42 Å². The number of carbonyl (C=O) groups excluding carboxylic acids is 1. The summed E-state index contributed by atoms with van der Waals surface area (Å²) in [6.07, 6.45) is 2.28. The maximum atomic E-state index is 10.2. The highest BCUT2D eigenvalue weighted by Crippen LogP contribution is 1.87. The molecule has 0 bridgehead atoms. The number of unbranched alkanes of at least 4 members (excludes halogenated alkanes) is 1. The fourth-order valence-electron chi connectivity index (χ4n) is 1.12. The largest absolute Gasteiger partial charge is 0.463 e. The van der Waals surface area contributed by atoms with Crippen LogP contribution in [0.1, 0.15) is 26.7 Å². The summed E-state index contributed by atoms with van der Waals surface area (Å²) in [4.78, 5) is 10.2. The summed E-state index contributed by atoms with van der Waals surface area (Å²) in [6, 6.07) is 0. The standard InChI is InChI=1S/C8H18O3.C7H14O4/c1-2-3-5-10-7-8-11-6-4-9;1-7(8)11-6-5-10-4-3-9-2/h9H,2-8H2,1H3;3-6H2,1-2H3. The predicted molar refractivity (Wildman–Crippen MR) is 83.0 cm³/mol. The molecule has 0 fully saturated rings. The van der Waals surface area contributed by atoms with Crippen molar-refractivity contribution in [2.45, 2.75) is 26.7 Å². The molecule has 0 saturated carbocycles. The molecule has 0 amide bonds. The van der Waals surface area contributed by atoms with E-state index in [1.165, 1.54) is 6.92 Å². The van der Waals surface area contributed by atoms with Crippen molar-refractivity contribution in [3.63, 3.8) is 0 Å². The van der Waals surface area contributed by atoms with Crippen LogP contribution in [0.3, 0.4) is 0 Å². The van der Waals surface area contributed by atoms with Gasteiger partial charge in [0.2, 0.25) is 0 Å². The van der Waals surface area contributed by atoms with Gasteiger partial charge in [-0.25, -0.2) is 0 Å². The summed E-state index contributed by atoms with van der Waals surface area (Å²) in [7, 11) is 1.61. The first kappa shape index (κ1) is 23.5. The lowest BCUT2D eigenvalue weighted by Crippen LogP contribution is -2.10. The summed E-state index contributed by atoms with van der Waals surface area (Å²) < 4.78 is 24.6. The van der Waals surface area contributed by atoms with Crippen LogP contribution in [0.5, 0.6) is 0 Å². The first-order valence-corrected chi connectivity index (χ1v) is 7.65. The van der Waals surface area contributed by atoms with Gasteiger partial charge in [-0.2, -0.15) is 0 Å². The lowest BCUT2D eigenvalue weighted by molar-refractivity contribution is -0.142. The van der Waals surface area contributed by atoms with Crippen molar-refractivity contribution < 1.29 is 33.6 Å². The third kappa shape index (κ3) is 27.6. The maximum Gasteiger partial charge on any atom is 0.302 e. The van der Waals surface area contributed by atoms with Gasteiger partial charge in [-0.1, -0.05) is 13.3 Å². The summed E-state index contributed by atoms with van der Waals surface area (Å²) >= 11 is 0. The van der Waals surface area contributed by atoms with E-state index < -0.39 is 0 Å². The molecule has 0 saturated heterocycles. The zero-order valence-corrected chi connectivity index (χ0v) is 14.2. The summed E-state index contributed by atoms with van der Waals surface area (Å²) in [5, 5.41) is 8.34. The third-order valence-corrected chi connectivity index (χ3v) is 2.21. The third-order valence-electron chi connectivity index (χ3n) is 2.21. The first-order valence-electron chi connectivity index (χ1n) is 7.65. The average Bonchev–Trinajstić information content (AvgIpc) is 2.50. The average molecular weight is 324 g/mol. The molecule has 0 aliphatic heterocycles. The van der Waals surface area contributed by atoms with Crippen LogP contribution in [0, 0.1) is 0 Å². The van der Waals surface area contributed by atoms with Gasteiger partial charge in [-0.3, -0.25) is 4.79 Å². The van der Waals surface area contributed by atoms with Crippen LogP contribution in [-0.4, -0.2) is 77.6 Å². The Morgan fingerprint density at radius 2 is 1.41 bits per heavy atom. The summed E-state index contributed by atoms with van der Waals surface area (Å²) in [5.41, 5.74) is 0. The van der Waals surface area contributed by atoms with E-state index in [0.29, 0.717) is 46.2 Å². The molecule has 0 unspecified atom stereocenters. The van der Waals surface area contributed by atoms with E-state index >= 15 is 0 Å². The summed E-state index contributed by atoms with van der Waals surface area (Å²) in [6.45, 7) is 7.91. The molecule has 0 aliphatic rings. The van der Waals surface area contributed by atoms with Crippen LogP contribution in [0.2, 0.25) is 0 Å². The molecule has 134 valence electrons. The Bertz CT molecular complexity index is 204. The predicted octanol–water partition coefficient (Wildman–Crippen LogP) is 1.02. The molecule has 7 nitrogen and oxygen atoms in total. The molecule has 0 spiro atoms. The highest BCUT2D eigenvalue weighted by atomic mass is 16.6. The minimum Gasteiger partial charge on any atom is -0.463 e. The Hall–Kier alpha value is -0.730. The lowest BCUT2D eigenvalue weighted by atomic mass is 10.4. The lowest BCUT2D eigenvalue weighted by Gasteiger charge is -2.02. The van der Waals surface area contributed by atoms with Crippen LogP contribution < -0.4 is 0 Å². The van der Waals surface area contributed by atoms with Crippen LogP contribution >= 0.6 is 0 Å². The minimum absolute atomic E-state index is 0.0922. The Labute approximate surface area is 133 Å². The number of hydrogen-bond donors (Lipinski definition) is 1. The molecule has 0 heterocycles. The number of aliphatic hydroxyl groups is 1. The molecular formula is C15H32O7. The topological polar surface area (TPSA) is 83.5 Å². The Morgan fingerprint density at radius 3 is 1.95 bits per heavy atom. The van der Waals surface area contributed by atoms with E-state index in [4.69, 9.17) is 24.1 Å². The molecule has 0 aromatic heterocycles. The molecule has 0 rings (SSSR count).